The molecule has 4 rings (SSSR count). The molecule has 2 aromatic carbocycles. The first-order valence-corrected chi connectivity index (χ1v) is 7.62. The lowest BCUT2D eigenvalue weighted by Crippen LogP contribution is -1.98. The molecule has 0 N–H and O–H groups in total. The van der Waals surface area contributed by atoms with Gasteiger partial charge in [-0.2, -0.15) is 4.80 Å². The van der Waals surface area contributed by atoms with Gasteiger partial charge in [-0.3, -0.25) is 4.98 Å². The highest BCUT2D eigenvalue weighted by Crippen LogP contribution is 2.22. The highest BCUT2D eigenvalue weighted by Gasteiger charge is 2.06. The van der Waals surface area contributed by atoms with Gasteiger partial charge in [-0.05, 0) is 53.6 Å². The summed E-state index contributed by atoms with van der Waals surface area (Å²) in [6, 6.07) is 18.0. The van der Waals surface area contributed by atoms with E-state index in [2.05, 4.69) is 43.2 Å². The van der Waals surface area contributed by atoms with Crippen molar-refractivity contribution in [1.29, 1.82) is 0 Å². The van der Waals surface area contributed by atoms with Gasteiger partial charge in [0.2, 0.25) is 0 Å². The Balaban J connectivity index is 1.81. The highest BCUT2D eigenvalue weighted by molar-refractivity contribution is 9.10. The summed E-state index contributed by atoms with van der Waals surface area (Å²) < 4.78 is 0.998. The lowest BCUT2D eigenvalue weighted by Gasteiger charge is -2.04. The van der Waals surface area contributed by atoms with Crippen molar-refractivity contribution in [2.75, 3.05) is 0 Å². The minimum atomic E-state index is 0.865. The number of fused-ring (bicyclic) bond motifs is 1. The summed E-state index contributed by atoms with van der Waals surface area (Å²) >= 11 is 3.46. The van der Waals surface area contributed by atoms with Gasteiger partial charge in [-0.15, -0.1) is 10.2 Å². The van der Waals surface area contributed by atoms with Crippen LogP contribution in [0, 0.1) is 0 Å². The van der Waals surface area contributed by atoms with Gasteiger partial charge in [-0.1, -0.05) is 28.1 Å². The zero-order valence-electron chi connectivity index (χ0n) is 11.5. The van der Waals surface area contributed by atoms with Gasteiger partial charge in [0.05, 0.1) is 5.69 Å². The van der Waals surface area contributed by atoms with Crippen LogP contribution in [0.25, 0.3) is 27.8 Å². The second-order valence-electron chi connectivity index (χ2n) is 4.91. The third-order valence-electron chi connectivity index (χ3n) is 3.43. The Bertz CT molecular complexity index is 947. The van der Waals surface area contributed by atoms with Crippen molar-refractivity contribution in [2.45, 2.75) is 0 Å². The summed E-state index contributed by atoms with van der Waals surface area (Å²) in [5.74, 6) is 0. The van der Waals surface area contributed by atoms with Crippen molar-refractivity contribution >= 4 is 27.0 Å². The maximum Gasteiger partial charge on any atom is 0.114 e. The maximum atomic E-state index is 4.54. The summed E-state index contributed by atoms with van der Waals surface area (Å²) in [6.45, 7) is 0. The van der Waals surface area contributed by atoms with E-state index in [4.69, 9.17) is 0 Å². The Morgan fingerprint density at radius 3 is 2.45 bits per heavy atom. The van der Waals surface area contributed by atoms with Gasteiger partial charge < -0.3 is 0 Å². The number of aromatic nitrogens is 4. The largest absolute Gasteiger partial charge is 0.265 e. The number of rotatable bonds is 2. The first-order valence-electron chi connectivity index (χ1n) is 6.83. The van der Waals surface area contributed by atoms with Crippen molar-refractivity contribution in [3.8, 4) is 16.8 Å². The number of pyridine rings is 1. The second-order valence-corrected chi connectivity index (χ2v) is 5.82. The molecule has 0 bridgehead atoms. The van der Waals surface area contributed by atoms with Gasteiger partial charge in [0.1, 0.15) is 11.0 Å². The molecule has 0 atom stereocenters. The average molecular weight is 351 g/mol. The fourth-order valence-corrected chi connectivity index (χ4v) is 2.71. The van der Waals surface area contributed by atoms with Crippen LogP contribution in [0.3, 0.4) is 0 Å². The third-order valence-corrected chi connectivity index (χ3v) is 3.93. The predicted octanol–water partition coefficient (Wildman–Crippen LogP) is 4.25. The number of halogens is 1. The number of hydrogen-bond donors (Lipinski definition) is 0. The van der Waals surface area contributed by atoms with Gasteiger partial charge in [0.15, 0.2) is 0 Å². The van der Waals surface area contributed by atoms with Crippen molar-refractivity contribution in [1.82, 2.24) is 20.0 Å². The maximum absolute atomic E-state index is 4.54. The lowest BCUT2D eigenvalue weighted by molar-refractivity contribution is 0.766. The molecule has 0 aliphatic heterocycles. The van der Waals surface area contributed by atoms with Gasteiger partial charge in [0.25, 0.3) is 0 Å². The Hall–Kier alpha value is -2.53. The fourth-order valence-electron chi connectivity index (χ4n) is 2.36. The molecule has 4 nitrogen and oxygen atoms in total. The van der Waals surface area contributed by atoms with E-state index < -0.39 is 0 Å². The van der Waals surface area contributed by atoms with Gasteiger partial charge in [0, 0.05) is 16.9 Å². The average Bonchev–Trinajstić information content (AvgIpc) is 2.99. The van der Waals surface area contributed by atoms with E-state index in [1.54, 1.807) is 17.2 Å². The number of hydrogen-bond acceptors (Lipinski definition) is 3. The predicted molar refractivity (Wildman–Crippen MR) is 89.8 cm³/mol. The number of nitrogens with zero attached hydrogens (tertiary/aromatic N) is 4. The summed E-state index contributed by atoms with van der Waals surface area (Å²) in [5, 5.41) is 9.07. The second kappa shape index (κ2) is 5.35. The van der Waals surface area contributed by atoms with E-state index in [9.17, 15) is 0 Å². The zero-order valence-corrected chi connectivity index (χ0v) is 13.1. The van der Waals surface area contributed by atoms with Gasteiger partial charge in [-0.25, -0.2) is 0 Å². The monoisotopic (exact) mass is 350 g/mol. The molecule has 106 valence electrons. The molecule has 2 heterocycles. The molecule has 0 amide bonds. The molecule has 0 unspecified atom stereocenters. The van der Waals surface area contributed by atoms with Crippen LogP contribution >= 0.6 is 15.9 Å². The van der Waals surface area contributed by atoms with Crippen molar-refractivity contribution in [3.63, 3.8) is 0 Å². The highest BCUT2D eigenvalue weighted by atomic mass is 79.9. The molecule has 4 aromatic rings. The minimum absolute atomic E-state index is 0.865. The molecule has 22 heavy (non-hydrogen) atoms. The summed E-state index contributed by atoms with van der Waals surface area (Å²) in [7, 11) is 0. The summed E-state index contributed by atoms with van der Waals surface area (Å²) in [6.07, 6.45) is 3.58. The van der Waals surface area contributed by atoms with E-state index in [1.807, 2.05) is 42.5 Å². The van der Waals surface area contributed by atoms with Crippen molar-refractivity contribution in [3.05, 3.63) is 71.5 Å². The van der Waals surface area contributed by atoms with Crippen LogP contribution in [-0.4, -0.2) is 20.0 Å². The third kappa shape index (κ3) is 2.40. The standard InChI is InChI=1S/C17H11BrN4/c18-14-4-5-16-17(11-14)21-22(20-16)15-3-1-2-13(10-15)12-6-8-19-9-7-12/h1-11H. The van der Waals surface area contributed by atoms with Crippen LogP contribution in [0.5, 0.6) is 0 Å². The molecule has 0 aliphatic carbocycles. The Morgan fingerprint density at radius 2 is 1.59 bits per heavy atom. The quantitative estimate of drug-likeness (QED) is 0.542. The molecule has 0 aliphatic rings. The first kappa shape index (κ1) is 13.2. The summed E-state index contributed by atoms with van der Waals surface area (Å²) in [4.78, 5) is 5.72. The van der Waals surface area contributed by atoms with Crippen LogP contribution in [0.1, 0.15) is 0 Å². The van der Waals surface area contributed by atoms with Crippen molar-refractivity contribution < 1.29 is 0 Å². The molecule has 0 radical (unpaired) electrons. The fraction of sp³-hybridized carbons (Fsp3) is 0. The molecule has 0 saturated carbocycles. The topological polar surface area (TPSA) is 43.6 Å². The van der Waals surface area contributed by atoms with E-state index in [0.29, 0.717) is 0 Å². The van der Waals surface area contributed by atoms with Crippen LogP contribution in [0.2, 0.25) is 0 Å². The SMILES string of the molecule is Brc1ccc2nn(-c3cccc(-c4ccncc4)c3)nc2c1. The number of benzene rings is 2. The van der Waals surface area contributed by atoms with Crippen molar-refractivity contribution in [2.24, 2.45) is 0 Å². The van der Waals surface area contributed by atoms with Gasteiger partial charge >= 0.3 is 0 Å². The normalized spacial score (nSPS) is 11.0. The van der Waals surface area contributed by atoms with E-state index in [-0.39, 0.29) is 0 Å². The molecule has 5 heteroatoms. The Labute approximate surface area is 135 Å². The van der Waals surface area contributed by atoms with Crippen LogP contribution in [0.15, 0.2) is 71.5 Å². The lowest BCUT2D eigenvalue weighted by atomic mass is 10.1. The molecular formula is C17H11BrN4. The van der Waals surface area contributed by atoms with E-state index in [0.717, 1.165) is 32.3 Å². The van der Waals surface area contributed by atoms with E-state index in [1.165, 1.54) is 0 Å². The molecule has 0 saturated heterocycles. The Morgan fingerprint density at radius 1 is 0.773 bits per heavy atom. The first-order chi connectivity index (χ1) is 10.8. The van der Waals surface area contributed by atoms with Crippen LogP contribution < -0.4 is 0 Å². The molecule has 0 spiro atoms. The van der Waals surface area contributed by atoms with Crippen LogP contribution in [-0.2, 0) is 0 Å². The minimum Gasteiger partial charge on any atom is -0.265 e. The molecule has 0 fully saturated rings. The smallest absolute Gasteiger partial charge is 0.114 e. The summed E-state index contributed by atoms with van der Waals surface area (Å²) in [5.41, 5.74) is 4.90. The molecular weight excluding hydrogens is 340 g/mol. The Kier molecular flexibility index (Phi) is 3.20. The molecule has 2 aromatic heterocycles. The van der Waals surface area contributed by atoms with Crippen LogP contribution in [0.4, 0.5) is 0 Å². The van der Waals surface area contributed by atoms with E-state index >= 15 is 0 Å². The zero-order chi connectivity index (χ0) is 14.9.